The Labute approximate surface area is 118 Å². The molecule has 1 aliphatic carbocycles. The zero-order valence-electron chi connectivity index (χ0n) is 11.6. The fourth-order valence-electron chi connectivity index (χ4n) is 2.54. The third-order valence-electron chi connectivity index (χ3n) is 3.58. The van der Waals surface area contributed by atoms with E-state index in [4.69, 9.17) is 15.0 Å². The molecule has 20 heavy (non-hydrogen) atoms. The van der Waals surface area contributed by atoms with E-state index in [-0.39, 0.29) is 6.04 Å². The maximum absolute atomic E-state index is 6.02. The molecule has 0 saturated carbocycles. The predicted octanol–water partition coefficient (Wildman–Crippen LogP) is 2.55. The average molecular weight is 273 g/mol. The van der Waals surface area contributed by atoms with Crippen LogP contribution in [0.3, 0.4) is 0 Å². The van der Waals surface area contributed by atoms with Crippen LogP contribution in [-0.4, -0.2) is 10.1 Å². The first-order valence-corrected chi connectivity index (χ1v) is 7.09. The van der Waals surface area contributed by atoms with Crippen LogP contribution in [0.5, 0.6) is 5.75 Å². The number of ether oxygens (including phenoxy) is 1. The maximum Gasteiger partial charge on any atom is 0.264 e. The van der Waals surface area contributed by atoms with Gasteiger partial charge in [0.2, 0.25) is 0 Å². The molecule has 1 atom stereocenters. The molecule has 5 nitrogen and oxygen atoms in total. The molecule has 2 aromatic rings. The quantitative estimate of drug-likeness (QED) is 0.906. The second-order valence-corrected chi connectivity index (χ2v) is 5.15. The lowest BCUT2D eigenvalue weighted by Crippen LogP contribution is -2.05. The molecule has 0 bridgehead atoms. The van der Waals surface area contributed by atoms with Crippen LogP contribution in [0.15, 0.2) is 22.7 Å². The molecule has 5 heteroatoms. The van der Waals surface area contributed by atoms with E-state index in [9.17, 15) is 0 Å². The summed E-state index contributed by atoms with van der Waals surface area (Å²) >= 11 is 0. The largest absolute Gasteiger partial charge is 0.484 e. The van der Waals surface area contributed by atoms with Crippen molar-refractivity contribution in [3.63, 3.8) is 0 Å². The highest BCUT2D eigenvalue weighted by Crippen LogP contribution is 2.31. The van der Waals surface area contributed by atoms with Crippen LogP contribution in [0.4, 0.5) is 0 Å². The fourth-order valence-corrected chi connectivity index (χ4v) is 2.54. The molecule has 1 aliphatic rings. The Morgan fingerprint density at radius 1 is 1.45 bits per heavy atom. The third kappa shape index (κ3) is 2.67. The van der Waals surface area contributed by atoms with Crippen molar-refractivity contribution in [1.29, 1.82) is 0 Å². The number of hydrogen-bond donors (Lipinski definition) is 1. The molecular formula is C15H19N3O2. The standard InChI is InChI=1S/C15H19N3O2/c1-2-3-14-17-15(20-18-14)9-19-11-5-6-12-10(8-11)4-7-13(12)16/h5-6,8,13H,2-4,7,9,16H2,1H3. The summed E-state index contributed by atoms with van der Waals surface area (Å²) in [6.07, 6.45) is 3.88. The predicted molar refractivity (Wildman–Crippen MR) is 74.3 cm³/mol. The van der Waals surface area contributed by atoms with Crippen LogP contribution in [0.25, 0.3) is 0 Å². The lowest BCUT2D eigenvalue weighted by atomic mass is 10.1. The van der Waals surface area contributed by atoms with Gasteiger partial charge in [-0.05, 0) is 42.5 Å². The number of aromatic nitrogens is 2. The van der Waals surface area contributed by atoms with Gasteiger partial charge in [-0.1, -0.05) is 18.1 Å². The molecule has 0 aliphatic heterocycles. The van der Waals surface area contributed by atoms with E-state index in [1.165, 1.54) is 11.1 Å². The zero-order chi connectivity index (χ0) is 13.9. The molecule has 106 valence electrons. The van der Waals surface area contributed by atoms with Crippen molar-refractivity contribution in [2.24, 2.45) is 5.73 Å². The highest BCUT2D eigenvalue weighted by atomic mass is 16.5. The van der Waals surface area contributed by atoms with Gasteiger partial charge in [0, 0.05) is 12.5 Å². The van der Waals surface area contributed by atoms with Gasteiger partial charge in [-0.2, -0.15) is 4.98 Å². The summed E-state index contributed by atoms with van der Waals surface area (Å²) < 4.78 is 10.8. The summed E-state index contributed by atoms with van der Waals surface area (Å²) in [7, 11) is 0. The molecule has 3 rings (SSSR count). The summed E-state index contributed by atoms with van der Waals surface area (Å²) in [5.41, 5.74) is 8.54. The average Bonchev–Trinajstić information content (AvgIpc) is 3.04. The van der Waals surface area contributed by atoms with Crippen LogP contribution < -0.4 is 10.5 Å². The van der Waals surface area contributed by atoms with Crippen molar-refractivity contribution in [2.45, 2.75) is 45.3 Å². The molecule has 2 N–H and O–H groups in total. The summed E-state index contributed by atoms with van der Waals surface area (Å²) in [5, 5.41) is 3.90. The van der Waals surface area contributed by atoms with Crippen LogP contribution in [0.2, 0.25) is 0 Å². The monoisotopic (exact) mass is 273 g/mol. The molecule has 0 fully saturated rings. The van der Waals surface area contributed by atoms with Gasteiger partial charge >= 0.3 is 0 Å². The Kier molecular flexibility index (Phi) is 3.69. The van der Waals surface area contributed by atoms with Gasteiger partial charge in [0.15, 0.2) is 12.4 Å². The van der Waals surface area contributed by atoms with E-state index in [0.29, 0.717) is 12.5 Å². The Morgan fingerprint density at radius 2 is 2.35 bits per heavy atom. The van der Waals surface area contributed by atoms with E-state index < -0.39 is 0 Å². The molecule has 1 aromatic carbocycles. The number of rotatable bonds is 5. The minimum atomic E-state index is 0.173. The first kappa shape index (κ1) is 13.1. The minimum absolute atomic E-state index is 0.173. The molecule has 1 aromatic heterocycles. The van der Waals surface area contributed by atoms with Gasteiger partial charge in [-0.15, -0.1) is 0 Å². The summed E-state index contributed by atoms with van der Waals surface area (Å²) in [6, 6.07) is 6.24. The lowest BCUT2D eigenvalue weighted by molar-refractivity contribution is 0.242. The van der Waals surface area contributed by atoms with Crippen molar-refractivity contribution < 1.29 is 9.26 Å². The van der Waals surface area contributed by atoms with Gasteiger partial charge in [-0.25, -0.2) is 0 Å². The molecule has 1 unspecified atom stereocenters. The minimum Gasteiger partial charge on any atom is -0.484 e. The highest BCUT2D eigenvalue weighted by molar-refractivity contribution is 5.40. The van der Waals surface area contributed by atoms with Crippen molar-refractivity contribution in [3.05, 3.63) is 41.0 Å². The third-order valence-corrected chi connectivity index (χ3v) is 3.58. The van der Waals surface area contributed by atoms with E-state index in [2.05, 4.69) is 29.2 Å². The van der Waals surface area contributed by atoms with Crippen LogP contribution in [0, 0.1) is 0 Å². The second kappa shape index (κ2) is 5.63. The molecule has 1 heterocycles. The molecule has 0 spiro atoms. The first-order chi connectivity index (χ1) is 9.76. The highest BCUT2D eigenvalue weighted by Gasteiger charge is 2.19. The van der Waals surface area contributed by atoms with Crippen LogP contribution in [0.1, 0.15) is 48.6 Å². The van der Waals surface area contributed by atoms with E-state index in [1.807, 2.05) is 6.07 Å². The first-order valence-electron chi connectivity index (χ1n) is 7.09. The van der Waals surface area contributed by atoms with E-state index in [0.717, 1.165) is 37.3 Å². The van der Waals surface area contributed by atoms with Gasteiger partial charge in [-0.3, -0.25) is 0 Å². The summed E-state index contributed by atoms with van der Waals surface area (Å²) in [5.74, 6) is 2.09. The van der Waals surface area contributed by atoms with Crippen LogP contribution in [-0.2, 0) is 19.4 Å². The van der Waals surface area contributed by atoms with Gasteiger partial charge < -0.3 is 15.0 Å². The molecule has 0 amide bonds. The Hall–Kier alpha value is -1.88. The molecule has 0 saturated heterocycles. The fraction of sp³-hybridized carbons (Fsp3) is 0.467. The summed E-state index contributed by atoms with van der Waals surface area (Å²) in [4.78, 5) is 4.28. The number of nitrogens with zero attached hydrogens (tertiary/aromatic N) is 2. The van der Waals surface area contributed by atoms with Gasteiger partial charge in [0.25, 0.3) is 5.89 Å². The normalized spacial score (nSPS) is 17.2. The van der Waals surface area contributed by atoms with Crippen molar-refractivity contribution in [3.8, 4) is 5.75 Å². The zero-order valence-corrected chi connectivity index (χ0v) is 11.6. The van der Waals surface area contributed by atoms with Crippen LogP contribution >= 0.6 is 0 Å². The maximum atomic E-state index is 6.02. The van der Waals surface area contributed by atoms with Crippen molar-refractivity contribution >= 4 is 0 Å². The number of hydrogen-bond acceptors (Lipinski definition) is 5. The Balaban J connectivity index is 1.63. The number of fused-ring (bicyclic) bond motifs is 1. The van der Waals surface area contributed by atoms with Gasteiger partial charge in [0.1, 0.15) is 5.75 Å². The molecule has 0 radical (unpaired) electrons. The second-order valence-electron chi connectivity index (χ2n) is 5.15. The topological polar surface area (TPSA) is 74.2 Å². The Morgan fingerprint density at radius 3 is 3.20 bits per heavy atom. The smallest absolute Gasteiger partial charge is 0.264 e. The van der Waals surface area contributed by atoms with Crippen molar-refractivity contribution in [2.75, 3.05) is 0 Å². The number of nitrogens with two attached hydrogens (primary N) is 1. The molecular weight excluding hydrogens is 254 g/mol. The van der Waals surface area contributed by atoms with E-state index in [1.54, 1.807) is 0 Å². The number of benzene rings is 1. The lowest BCUT2D eigenvalue weighted by Gasteiger charge is -2.07. The Bertz CT molecular complexity index is 595. The van der Waals surface area contributed by atoms with Gasteiger partial charge in [0.05, 0.1) is 0 Å². The summed E-state index contributed by atoms with van der Waals surface area (Å²) in [6.45, 7) is 2.39. The number of aryl methyl sites for hydroxylation is 2. The van der Waals surface area contributed by atoms with E-state index >= 15 is 0 Å². The SMILES string of the molecule is CCCc1noc(COc2ccc3c(c2)CCC3N)n1. The van der Waals surface area contributed by atoms with Crippen molar-refractivity contribution in [1.82, 2.24) is 10.1 Å².